The van der Waals surface area contributed by atoms with Crippen molar-refractivity contribution in [3.8, 4) is 0 Å². The van der Waals surface area contributed by atoms with Gasteiger partial charge in [-0.05, 0) is 17.3 Å². The Morgan fingerprint density at radius 2 is 2.37 bits per heavy atom. The second-order valence-electron chi connectivity index (χ2n) is 5.08. The lowest BCUT2D eigenvalue weighted by Crippen LogP contribution is -2.46. The van der Waals surface area contributed by atoms with Gasteiger partial charge in [-0.1, -0.05) is 18.3 Å². The number of piperidine rings is 1. The van der Waals surface area contributed by atoms with Gasteiger partial charge >= 0.3 is 5.82 Å². The minimum absolute atomic E-state index is 0.0394. The maximum atomic E-state index is 11.3. The average molecular weight is 281 g/mol. The van der Waals surface area contributed by atoms with Crippen molar-refractivity contribution in [3.05, 3.63) is 21.7 Å². The number of rotatable bonds is 2. The van der Waals surface area contributed by atoms with Gasteiger partial charge in [0.15, 0.2) is 0 Å². The van der Waals surface area contributed by atoms with E-state index in [1.165, 1.54) is 15.7 Å². The van der Waals surface area contributed by atoms with E-state index in [4.69, 9.17) is 5.73 Å². The van der Waals surface area contributed by atoms with Crippen LogP contribution in [0.2, 0.25) is 0 Å². The van der Waals surface area contributed by atoms with Crippen LogP contribution in [-0.4, -0.2) is 33.4 Å². The third kappa shape index (κ3) is 2.06. The fraction of sp³-hybridized carbons (Fsp3) is 0.545. The molecular formula is C11H15N5O2S. The molecule has 2 aromatic rings. The Labute approximate surface area is 113 Å². The van der Waals surface area contributed by atoms with Crippen molar-refractivity contribution < 1.29 is 4.92 Å². The highest BCUT2D eigenvalue weighted by atomic mass is 32.1. The number of nitrogens with zero attached hydrogens (tertiary/aromatic N) is 4. The van der Waals surface area contributed by atoms with Gasteiger partial charge in [-0.25, -0.2) is 0 Å². The number of imidazole rings is 1. The predicted molar refractivity (Wildman–Crippen MR) is 73.7 cm³/mol. The van der Waals surface area contributed by atoms with E-state index in [9.17, 15) is 10.1 Å². The molecule has 1 fully saturated rings. The van der Waals surface area contributed by atoms with E-state index >= 15 is 0 Å². The van der Waals surface area contributed by atoms with Crippen LogP contribution in [0.3, 0.4) is 0 Å². The van der Waals surface area contributed by atoms with Gasteiger partial charge in [0.2, 0.25) is 5.82 Å². The summed E-state index contributed by atoms with van der Waals surface area (Å²) in [5.74, 6) is 0.902. The van der Waals surface area contributed by atoms with Crippen LogP contribution < -0.4 is 10.6 Å². The molecule has 102 valence electrons. The number of aromatic nitrogens is 2. The second-order valence-corrected chi connectivity index (χ2v) is 5.95. The molecule has 0 bridgehead atoms. The van der Waals surface area contributed by atoms with Crippen molar-refractivity contribution >= 4 is 27.9 Å². The van der Waals surface area contributed by atoms with E-state index in [1.807, 2.05) is 4.90 Å². The molecule has 2 unspecified atom stereocenters. The zero-order chi connectivity index (χ0) is 13.6. The van der Waals surface area contributed by atoms with Gasteiger partial charge < -0.3 is 20.7 Å². The summed E-state index contributed by atoms with van der Waals surface area (Å²) in [7, 11) is 0. The second kappa shape index (κ2) is 4.46. The topological polar surface area (TPSA) is 89.7 Å². The first kappa shape index (κ1) is 12.4. The molecule has 0 saturated carbocycles. The zero-order valence-corrected chi connectivity index (χ0v) is 11.3. The van der Waals surface area contributed by atoms with Crippen LogP contribution in [0.5, 0.6) is 0 Å². The summed E-state index contributed by atoms with van der Waals surface area (Å²) in [5.41, 5.74) is 6.01. The van der Waals surface area contributed by atoms with Crippen molar-refractivity contribution in [1.82, 2.24) is 9.38 Å². The van der Waals surface area contributed by atoms with E-state index in [2.05, 4.69) is 11.9 Å². The van der Waals surface area contributed by atoms with Gasteiger partial charge in [0.1, 0.15) is 6.20 Å². The lowest BCUT2D eigenvalue weighted by Gasteiger charge is -2.34. The van der Waals surface area contributed by atoms with Crippen LogP contribution in [0.15, 0.2) is 11.6 Å². The molecule has 0 aromatic carbocycles. The van der Waals surface area contributed by atoms with Crippen LogP contribution in [-0.2, 0) is 0 Å². The molecule has 8 heteroatoms. The molecule has 7 nitrogen and oxygen atoms in total. The molecule has 1 aliphatic rings. The molecule has 1 saturated heterocycles. The Balaban J connectivity index is 2.06. The van der Waals surface area contributed by atoms with Crippen LogP contribution in [0.1, 0.15) is 13.3 Å². The fourth-order valence-electron chi connectivity index (χ4n) is 2.72. The quantitative estimate of drug-likeness (QED) is 0.665. The summed E-state index contributed by atoms with van der Waals surface area (Å²) in [5, 5.41) is 13.1. The fourth-order valence-corrected chi connectivity index (χ4v) is 3.42. The molecule has 3 rings (SSSR count). The Morgan fingerprint density at radius 3 is 3.05 bits per heavy atom. The van der Waals surface area contributed by atoms with Crippen molar-refractivity contribution in [1.29, 1.82) is 0 Å². The molecular weight excluding hydrogens is 266 g/mol. The van der Waals surface area contributed by atoms with E-state index in [-0.39, 0.29) is 16.8 Å². The number of hydrogen-bond acceptors (Lipinski definition) is 6. The lowest BCUT2D eigenvalue weighted by atomic mass is 9.97. The summed E-state index contributed by atoms with van der Waals surface area (Å²) in [4.78, 5) is 17.9. The third-order valence-electron chi connectivity index (χ3n) is 3.38. The molecule has 2 N–H and O–H groups in total. The average Bonchev–Trinajstić information content (AvgIpc) is 2.85. The zero-order valence-electron chi connectivity index (χ0n) is 10.5. The number of thiazole rings is 1. The number of fused-ring (bicyclic) bond motifs is 1. The first-order chi connectivity index (χ1) is 9.06. The predicted octanol–water partition coefficient (Wildman–Crippen LogP) is 1.48. The Hall–Kier alpha value is -1.67. The highest BCUT2D eigenvalue weighted by Gasteiger charge is 2.32. The number of nitrogens with two attached hydrogens (primary N) is 1. The first-order valence-electron chi connectivity index (χ1n) is 6.16. The van der Waals surface area contributed by atoms with Crippen molar-refractivity contribution in [2.24, 2.45) is 11.7 Å². The third-order valence-corrected chi connectivity index (χ3v) is 4.14. The van der Waals surface area contributed by atoms with Gasteiger partial charge in [0.25, 0.3) is 4.96 Å². The van der Waals surface area contributed by atoms with Crippen LogP contribution in [0, 0.1) is 16.0 Å². The van der Waals surface area contributed by atoms with Gasteiger partial charge in [-0.15, -0.1) is 0 Å². The number of hydrogen-bond donors (Lipinski definition) is 1. The monoisotopic (exact) mass is 281 g/mol. The largest absolute Gasteiger partial charge is 0.373 e. The molecule has 2 aromatic heterocycles. The molecule has 2 atom stereocenters. The molecule has 0 amide bonds. The number of anilines is 1. The van der Waals surface area contributed by atoms with E-state index in [0.717, 1.165) is 13.0 Å². The lowest BCUT2D eigenvalue weighted by molar-refractivity contribution is -0.389. The Bertz CT molecular complexity index is 612. The summed E-state index contributed by atoms with van der Waals surface area (Å²) in [6.45, 7) is 3.49. The van der Waals surface area contributed by atoms with Crippen LogP contribution in [0.4, 0.5) is 11.6 Å². The molecule has 3 heterocycles. The van der Waals surface area contributed by atoms with Gasteiger partial charge in [-0.3, -0.25) is 0 Å². The summed E-state index contributed by atoms with van der Waals surface area (Å²) in [6.07, 6.45) is 2.63. The molecule has 0 aliphatic carbocycles. The Kier molecular flexibility index (Phi) is 2.90. The minimum Gasteiger partial charge on any atom is -0.358 e. The first-order valence-corrected chi connectivity index (χ1v) is 7.04. The highest BCUT2D eigenvalue weighted by molar-refractivity contribution is 7.15. The van der Waals surface area contributed by atoms with Crippen molar-refractivity contribution in [2.75, 3.05) is 18.0 Å². The van der Waals surface area contributed by atoms with Crippen molar-refractivity contribution in [2.45, 2.75) is 19.4 Å². The standard InChI is InChI=1S/C11H15N5O2S/c1-7-4-8(12)6-14(5-7)9-10(16(17)18)15-2-3-19-11(15)13-9/h2-3,7-8H,4-6,12H2,1H3. The normalized spacial score (nSPS) is 24.0. The number of nitro groups is 1. The summed E-state index contributed by atoms with van der Waals surface area (Å²) in [6, 6.07) is 0.0445. The van der Waals surface area contributed by atoms with Gasteiger partial charge in [0.05, 0.1) is 0 Å². The van der Waals surface area contributed by atoms with Crippen LogP contribution >= 0.6 is 11.3 Å². The maximum absolute atomic E-state index is 11.3. The molecule has 0 spiro atoms. The van der Waals surface area contributed by atoms with Crippen molar-refractivity contribution in [3.63, 3.8) is 0 Å². The van der Waals surface area contributed by atoms with E-state index in [1.54, 1.807) is 11.6 Å². The molecule has 19 heavy (non-hydrogen) atoms. The van der Waals surface area contributed by atoms with E-state index < -0.39 is 0 Å². The van der Waals surface area contributed by atoms with Gasteiger partial charge in [0, 0.05) is 24.5 Å². The Morgan fingerprint density at radius 1 is 1.58 bits per heavy atom. The maximum Gasteiger partial charge on any atom is 0.373 e. The summed E-state index contributed by atoms with van der Waals surface area (Å²) < 4.78 is 1.53. The smallest absolute Gasteiger partial charge is 0.358 e. The molecule has 0 radical (unpaired) electrons. The highest BCUT2D eigenvalue weighted by Crippen LogP contribution is 2.33. The minimum atomic E-state index is -0.368. The van der Waals surface area contributed by atoms with E-state index in [0.29, 0.717) is 23.2 Å². The SMILES string of the molecule is CC1CC(N)CN(c2nc3sccn3c2[N+](=O)[O-])C1. The summed E-state index contributed by atoms with van der Waals surface area (Å²) >= 11 is 1.39. The van der Waals surface area contributed by atoms with Crippen LogP contribution in [0.25, 0.3) is 4.96 Å². The molecule has 1 aliphatic heterocycles. The van der Waals surface area contributed by atoms with Gasteiger partial charge in [-0.2, -0.15) is 9.38 Å².